The van der Waals surface area contributed by atoms with Gasteiger partial charge in [0.2, 0.25) is 0 Å². The molecule has 0 saturated heterocycles. The van der Waals surface area contributed by atoms with Gasteiger partial charge in [-0.3, -0.25) is 4.79 Å². The maximum atomic E-state index is 12.3. The van der Waals surface area contributed by atoms with Gasteiger partial charge in [0, 0.05) is 18.4 Å². The van der Waals surface area contributed by atoms with Crippen molar-refractivity contribution in [3.63, 3.8) is 0 Å². The van der Waals surface area contributed by atoms with Gasteiger partial charge in [-0.1, -0.05) is 12.1 Å². The molecule has 0 fully saturated rings. The number of nitrogens with zero attached hydrogens (tertiary/aromatic N) is 4. The van der Waals surface area contributed by atoms with Crippen LogP contribution in [0.5, 0.6) is 0 Å². The molecule has 0 radical (unpaired) electrons. The van der Waals surface area contributed by atoms with Gasteiger partial charge in [0.25, 0.3) is 5.91 Å². The van der Waals surface area contributed by atoms with Crippen LogP contribution in [0.4, 0.5) is 5.69 Å². The van der Waals surface area contributed by atoms with Crippen LogP contribution in [0, 0.1) is 0 Å². The minimum absolute atomic E-state index is 0.168. The number of rotatable bonds is 5. The van der Waals surface area contributed by atoms with Crippen molar-refractivity contribution in [2.24, 2.45) is 0 Å². The highest BCUT2D eigenvalue weighted by atomic mass is 16.5. The lowest BCUT2D eigenvalue weighted by Crippen LogP contribution is -2.12. The summed E-state index contributed by atoms with van der Waals surface area (Å²) in [6, 6.07) is 14.6. The van der Waals surface area contributed by atoms with Crippen molar-refractivity contribution >= 4 is 11.6 Å². The maximum Gasteiger partial charge on any atom is 0.255 e. The van der Waals surface area contributed by atoms with Gasteiger partial charge in [0.1, 0.15) is 6.33 Å². The molecule has 0 bridgehead atoms. The van der Waals surface area contributed by atoms with Gasteiger partial charge < -0.3 is 10.1 Å². The fourth-order valence-corrected chi connectivity index (χ4v) is 2.15. The molecule has 1 heterocycles. The Hall–Kier alpha value is -3.06. The number of tetrazole rings is 1. The number of benzene rings is 2. The molecular weight excluding hydrogens is 294 g/mol. The predicted octanol–water partition coefficient (Wildman–Crippen LogP) is 2.06. The molecule has 3 aromatic rings. The molecule has 0 aliphatic carbocycles. The van der Waals surface area contributed by atoms with Crippen LogP contribution in [0.3, 0.4) is 0 Å². The van der Waals surface area contributed by atoms with Gasteiger partial charge in [0.05, 0.1) is 12.3 Å². The number of carbonyl (C=O) groups is 1. The second-order valence-corrected chi connectivity index (χ2v) is 4.89. The minimum Gasteiger partial charge on any atom is -0.380 e. The van der Waals surface area contributed by atoms with Crippen LogP contribution < -0.4 is 5.32 Å². The van der Waals surface area contributed by atoms with E-state index < -0.39 is 0 Å². The van der Waals surface area contributed by atoms with Crippen LogP contribution in [0.25, 0.3) is 5.69 Å². The third-order valence-electron chi connectivity index (χ3n) is 3.24. The summed E-state index contributed by atoms with van der Waals surface area (Å²) in [5.41, 5.74) is 3.05. The fourth-order valence-electron chi connectivity index (χ4n) is 2.15. The summed E-state index contributed by atoms with van der Waals surface area (Å²) in [6.07, 6.45) is 1.51. The van der Waals surface area contributed by atoms with Crippen LogP contribution in [-0.4, -0.2) is 33.2 Å². The predicted molar refractivity (Wildman–Crippen MR) is 84.3 cm³/mol. The summed E-state index contributed by atoms with van der Waals surface area (Å²) < 4.78 is 6.62. The van der Waals surface area contributed by atoms with Crippen LogP contribution in [-0.2, 0) is 11.3 Å². The second-order valence-electron chi connectivity index (χ2n) is 4.89. The Morgan fingerprint density at radius 3 is 2.74 bits per heavy atom. The third-order valence-corrected chi connectivity index (χ3v) is 3.24. The van der Waals surface area contributed by atoms with E-state index in [4.69, 9.17) is 4.74 Å². The molecule has 1 aromatic heterocycles. The summed E-state index contributed by atoms with van der Waals surface area (Å²) in [6.45, 7) is 0.474. The van der Waals surface area contributed by atoms with Gasteiger partial charge in [-0.05, 0) is 52.4 Å². The van der Waals surface area contributed by atoms with E-state index in [1.165, 1.54) is 6.33 Å². The smallest absolute Gasteiger partial charge is 0.255 e. The molecule has 23 heavy (non-hydrogen) atoms. The van der Waals surface area contributed by atoms with Gasteiger partial charge in [-0.15, -0.1) is 5.10 Å². The SMILES string of the molecule is COCc1cccc(C(=O)Nc2ccc(-n3cnnn3)cc2)c1. The van der Waals surface area contributed by atoms with Crippen molar-refractivity contribution in [3.05, 3.63) is 66.0 Å². The molecule has 2 aromatic carbocycles. The number of amides is 1. The number of ether oxygens (including phenoxy) is 1. The molecule has 0 unspecified atom stereocenters. The van der Waals surface area contributed by atoms with E-state index in [0.29, 0.717) is 17.9 Å². The zero-order chi connectivity index (χ0) is 16.1. The molecule has 1 amide bonds. The first kappa shape index (κ1) is 14.9. The number of aromatic nitrogens is 4. The second kappa shape index (κ2) is 6.80. The van der Waals surface area contributed by atoms with Crippen LogP contribution in [0.2, 0.25) is 0 Å². The monoisotopic (exact) mass is 309 g/mol. The topological polar surface area (TPSA) is 81.9 Å². The summed E-state index contributed by atoms with van der Waals surface area (Å²) in [4.78, 5) is 12.3. The van der Waals surface area contributed by atoms with Crippen molar-refractivity contribution in [3.8, 4) is 5.69 Å². The van der Waals surface area contributed by atoms with E-state index in [1.54, 1.807) is 30.0 Å². The Labute approximate surface area is 132 Å². The minimum atomic E-state index is -0.168. The zero-order valence-electron chi connectivity index (χ0n) is 12.5. The largest absolute Gasteiger partial charge is 0.380 e. The highest BCUT2D eigenvalue weighted by Gasteiger charge is 2.07. The van der Waals surface area contributed by atoms with Crippen LogP contribution >= 0.6 is 0 Å². The van der Waals surface area contributed by atoms with E-state index in [9.17, 15) is 4.79 Å². The molecule has 1 N–H and O–H groups in total. The van der Waals surface area contributed by atoms with Gasteiger partial charge in [-0.25, -0.2) is 4.68 Å². The first-order valence-electron chi connectivity index (χ1n) is 6.99. The van der Waals surface area contributed by atoms with Gasteiger partial charge in [-0.2, -0.15) is 0 Å². The highest BCUT2D eigenvalue weighted by molar-refractivity contribution is 6.04. The Bertz CT molecular complexity index is 784. The molecular formula is C16H15N5O2. The molecule has 116 valence electrons. The van der Waals surface area contributed by atoms with Crippen molar-refractivity contribution in [1.82, 2.24) is 20.2 Å². The lowest BCUT2D eigenvalue weighted by atomic mass is 10.1. The molecule has 0 aliphatic rings. The van der Waals surface area contributed by atoms with Gasteiger partial charge in [0.15, 0.2) is 0 Å². The van der Waals surface area contributed by atoms with E-state index >= 15 is 0 Å². The van der Waals surface area contributed by atoms with E-state index in [0.717, 1.165) is 11.3 Å². The normalized spacial score (nSPS) is 10.5. The summed E-state index contributed by atoms with van der Waals surface area (Å²) in [5.74, 6) is -0.168. The van der Waals surface area contributed by atoms with Crippen molar-refractivity contribution in [1.29, 1.82) is 0 Å². The number of hydrogen-bond acceptors (Lipinski definition) is 5. The Kier molecular flexibility index (Phi) is 4.39. The van der Waals surface area contributed by atoms with Crippen molar-refractivity contribution in [2.75, 3.05) is 12.4 Å². The molecule has 0 aliphatic heterocycles. The quantitative estimate of drug-likeness (QED) is 0.780. The van der Waals surface area contributed by atoms with Gasteiger partial charge >= 0.3 is 0 Å². The molecule has 7 nitrogen and oxygen atoms in total. The van der Waals surface area contributed by atoms with E-state index in [2.05, 4.69) is 20.8 Å². The van der Waals surface area contributed by atoms with Crippen molar-refractivity contribution < 1.29 is 9.53 Å². The average molecular weight is 309 g/mol. The standard InChI is InChI=1S/C16H15N5O2/c1-23-10-12-3-2-4-13(9-12)16(22)18-14-5-7-15(8-6-14)21-11-17-19-20-21/h2-9,11H,10H2,1H3,(H,18,22). The molecule has 7 heteroatoms. The lowest BCUT2D eigenvalue weighted by molar-refractivity contribution is 0.102. The number of hydrogen-bond donors (Lipinski definition) is 1. The Morgan fingerprint density at radius 2 is 2.04 bits per heavy atom. The number of nitrogens with one attached hydrogen (secondary N) is 1. The molecule has 0 atom stereocenters. The number of carbonyl (C=O) groups excluding carboxylic acids is 1. The molecule has 0 spiro atoms. The Balaban J connectivity index is 1.71. The van der Waals surface area contributed by atoms with E-state index in [-0.39, 0.29) is 5.91 Å². The highest BCUT2D eigenvalue weighted by Crippen LogP contribution is 2.14. The van der Waals surface area contributed by atoms with Crippen molar-refractivity contribution in [2.45, 2.75) is 6.61 Å². The first-order chi connectivity index (χ1) is 11.3. The molecule has 0 saturated carbocycles. The zero-order valence-corrected chi connectivity index (χ0v) is 12.5. The first-order valence-corrected chi connectivity index (χ1v) is 6.99. The lowest BCUT2D eigenvalue weighted by Gasteiger charge is -2.07. The summed E-state index contributed by atoms with van der Waals surface area (Å²) in [7, 11) is 1.62. The number of methoxy groups -OCH3 is 1. The maximum absolute atomic E-state index is 12.3. The van der Waals surface area contributed by atoms with Crippen LogP contribution in [0.1, 0.15) is 15.9 Å². The number of anilines is 1. The fraction of sp³-hybridized carbons (Fsp3) is 0.125. The summed E-state index contributed by atoms with van der Waals surface area (Å²) >= 11 is 0. The average Bonchev–Trinajstić information content (AvgIpc) is 3.11. The van der Waals surface area contributed by atoms with E-state index in [1.807, 2.05) is 30.3 Å². The summed E-state index contributed by atoms with van der Waals surface area (Å²) in [5, 5.41) is 13.8. The van der Waals surface area contributed by atoms with Crippen LogP contribution in [0.15, 0.2) is 54.9 Å². The molecule has 3 rings (SSSR count). The Morgan fingerprint density at radius 1 is 1.22 bits per heavy atom. The third kappa shape index (κ3) is 3.58.